The van der Waals surface area contributed by atoms with Gasteiger partial charge in [-0.1, -0.05) is 0 Å². The zero-order valence-corrected chi connectivity index (χ0v) is 15.3. The van der Waals surface area contributed by atoms with Crippen molar-refractivity contribution in [1.82, 2.24) is 9.97 Å². The number of ether oxygens (including phenoxy) is 1. The molecule has 0 amide bonds. The van der Waals surface area contributed by atoms with Crippen molar-refractivity contribution in [1.29, 1.82) is 0 Å². The molecule has 1 saturated heterocycles. The molecule has 26 heavy (non-hydrogen) atoms. The van der Waals surface area contributed by atoms with Crippen LogP contribution in [-0.4, -0.2) is 41.8 Å². The summed E-state index contributed by atoms with van der Waals surface area (Å²) in [4.78, 5) is 22.8. The van der Waals surface area contributed by atoms with Gasteiger partial charge < -0.3 is 9.64 Å². The molecule has 0 saturated carbocycles. The fourth-order valence-electron chi connectivity index (χ4n) is 3.09. The van der Waals surface area contributed by atoms with Crippen molar-refractivity contribution in [3.05, 3.63) is 17.6 Å². The normalized spacial score (nSPS) is 16.0. The second-order valence-electron chi connectivity index (χ2n) is 6.60. The van der Waals surface area contributed by atoms with E-state index in [1.807, 2.05) is 6.92 Å². The average Bonchev–Trinajstić information content (AvgIpc) is 2.59. The van der Waals surface area contributed by atoms with Gasteiger partial charge in [-0.3, -0.25) is 9.78 Å². The van der Waals surface area contributed by atoms with Crippen molar-refractivity contribution >= 4 is 11.8 Å². The summed E-state index contributed by atoms with van der Waals surface area (Å²) in [7, 11) is 0. The van der Waals surface area contributed by atoms with Gasteiger partial charge in [0.05, 0.1) is 30.1 Å². The highest BCUT2D eigenvalue weighted by atomic mass is 19.4. The van der Waals surface area contributed by atoms with Gasteiger partial charge in [0.1, 0.15) is 5.82 Å². The van der Waals surface area contributed by atoms with E-state index in [0.717, 1.165) is 17.2 Å². The van der Waals surface area contributed by atoms with Crippen molar-refractivity contribution in [2.24, 2.45) is 5.92 Å². The lowest BCUT2D eigenvalue weighted by Gasteiger charge is -2.31. The molecule has 1 aromatic rings. The minimum absolute atomic E-state index is 0.0774. The van der Waals surface area contributed by atoms with Crippen LogP contribution in [0.4, 0.5) is 19.0 Å². The number of aryl methyl sites for hydroxylation is 2. The standard InChI is InChI=1S/C18H26F3N3O2/c1-3-26-17(25)14-7-10-24(11-8-14)16-12-22-13(2)15(23-16)6-4-5-9-18(19,20)21/h12,14H,3-11H2,1-2H3. The number of aromatic nitrogens is 2. The first-order valence-corrected chi connectivity index (χ1v) is 9.11. The third-order valence-corrected chi connectivity index (χ3v) is 4.60. The summed E-state index contributed by atoms with van der Waals surface area (Å²) in [5.41, 5.74) is 1.50. The molecule has 0 spiro atoms. The number of esters is 1. The van der Waals surface area contributed by atoms with E-state index in [4.69, 9.17) is 4.74 Å². The molecule has 2 heterocycles. The Morgan fingerprint density at radius 1 is 1.31 bits per heavy atom. The molecule has 0 bridgehead atoms. The monoisotopic (exact) mass is 373 g/mol. The molecule has 8 heteroatoms. The molecule has 2 rings (SSSR count). The number of rotatable bonds is 7. The van der Waals surface area contributed by atoms with E-state index in [1.165, 1.54) is 0 Å². The molecule has 0 aromatic carbocycles. The fourth-order valence-corrected chi connectivity index (χ4v) is 3.09. The summed E-state index contributed by atoms with van der Waals surface area (Å²) in [6.45, 7) is 5.39. The first-order chi connectivity index (χ1) is 12.3. The maximum Gasteiger partial charge on any atom is 0.389 e. The molecule has 0 N–H and O–H groups in total. The number of hydrogen-bond donors (Lipinski definition) is 0. The summed E-state index contributed by atoms with van der Waals surface area (Å²) in [5.74, 6) is 0.502. The van der Waals surface area contributed by atoms with Crippen molar-refractivity contribution in [2.45, 2.75) is 58.5 Å². The Morgan fingerprint density at radius 3 is 2.62 bits per heavy atom. The second-order valence-corrected chi connectivity index (χ2v) is 6.60. The van der Waals surface area contributed by atoms with Crippen molar-refractivity contribution in [3.63, 3.8) is 0 Å². The van der Waals surface area contributed by atoms with Crippen molar-refractivity contribution < 1.29 is 22.7 Å². The molecule has 0 radical (unpaired) electrons. The second kappa shape index (κ2) is 9.19. The summed E-state index contributed by atoms with van der Waals surface area (Å²) in [6, 6.07) is 0. The Kier molecular flexibility index (Phi) is 7.23. The summed E-state index contributed by atoms with van der Waals surface area (Å²) in [6.07, 6.45) is -0.749. The zero-order valence-electron chi connectivity index (χ0n) is 15.3. The summed E-state index contributed by atoms with van der Waals surface area (Å²) >= 11 is 0. The van der Waals surface area contributed by atoms with Gasteiger partial charge in [-0.15, -0.1) is 0 Å². The average molecular weight is 373 g/mol. The lowest BCUT2D eigenvalue weighted by Crippen LogP contribution is -2.37. The predicted molar refractivity (Wildman–Crippen MR) is 91.9 cm³/mol. The number of halogens is 3. The van der Waals surface area contributed by atoms with Gasteiger partial charge in [0, 0.05) is 19.5 Å². The quantitative estimate of drug-likeness (QED) is 0.537. The number of alkyl halides is 3. The van der Waals surface area contributed by atoms with Gasteiger partial charge >= 0.3 is 12.1 Å². The first kappa shape index (κ1) is 20.5. The maximum atomic E-state index is 12.2. The largest absolute Gasteiger partial charge is 0.466 e. The number of hydrogen-bond acceptors (Lipinski definition) is 5. The minimum Gasteiger partial charge on any atom is -0.466 e. The van der Waals surface area contributed by atoms with Crippen LogP contribution >= 0.6 is 0 Å². The molecular weight excluding hydrogens is 347 g/mol. The van der Waals surface area contributed by atoms with Crippen LogP contribution in [0.2, 0.25) is 0 Å². The summed E-state index contributed by atoms with van der Waals surface area (Å²) in [5, 5.41) is 0. The Balaban J connectivity index is 1.90. The van der Waals surface area contributed by atoms with Gasteiger partial charge in [-0.2, -0.15) is 13.2 Å². The number of carbonyl (C=O) groups is 1. The third-order valence-electron chi connectivity index (χ3n) is 4.60. The Bertz CT molecular complexity index is 600. The molecule has 1 fully saturated rings. The molecule has 146 valence electrons. The van der Waals surface area contributed by atoms with Crippen LogP contribution in [0.15, 0.2) is 6.20 Å². The van der Waals surface area contributed by atoms with E-state index in [2.05, 4.69) is 14.9 Å². The summed E-state index contributed by atoms with van der Waals surface area (Å²) < 4.78 is 41.8. The van der Waals surface area contributed by atoms with E-state index in [-0.39, 0.29) is 18.3 Å². The zero-order chi connectivity index (χ0) is 19.2. The minimum atomic E-state index is -4.11. The van der Waals surface area contributed by atoms with E-state index >= 15 is 0 Å². The van der Waals surface area contributed by atoms with Crippen LogP contribution in [0, 0.1) is 12.8 Å². The Morgan fingerprint density at radius 2 is 2.00 bits per heavy atom. The highest BCUT2D eigenvalue weighted by Gasteiger charge is 2.27. The third kappa shape index (κ3) is 6.14. The SMILES string of the molecule is CCOC(=O)C1CCN(c2cnc(C)c(CCCCC(F)(F)F)n2)CC1. The highest BCUT2D eigenvalue weighted by Crippen LogP contribution is 2.25. The van der Waals surface area contributed by atoms with E-state index in [1.54, 1.807) is 13.1 Å². The molecule has 1 aliphatic heterocycles. The lowest BCUT2D eigenvalue weighted by molar-refractivity contribution is -0.148. The molecule has 1 aromatic heterocycles. The maximum absolute atomic E-state index is 12.2. The number of carbonyl (C=O) groups excluding carboxylic acids is 1. The predicted octanol–water partition coefficient (Wildman–Crippen LogP) is 3.84. The highest BCUT2D eigenvalue weighted by molar-refractivity contribution is 5.72. The first-order valence-electron chi connectivity index (χ1n) is 9.11. The topological polar surface area (TPSA) is 55.3 Å². The Hall–Kier alpha value is -1.86. The molecule has 0 unspecified atom stereocenters. The van der Waals surface area contributed by atoms with Crippen molar-refractivity contribution in [3.8, 4) is 0 Å². The number of nitrogens with zero attached hydrogens (tertiary/aromatic N) is 3. The lowest BCUT2D eigenvalue weighted by atomic mass is 9.97. The van der Waals surface area contributed by atoms with E-state index < -0.39 is 12.6 Å². The van der Waals surface area contributed by atoms with Crippen LogP contribution < -0.4 is 4.90 Å². The molecular formula is C18H26F3N3O2. The van der Waals surface area contributed by atoms with Gasteiger partial charge in [0.2, 0.25) is 0 Å². The van der Waals surface area contributed by atoms with Crippen LogP contribution in [0.3, 0.4) is 0 Å². The molecule has 1 aliphatic rings. The van der Waals surface area contributed by atoms with E-state index in [9.17, 15) is 18.0 Å². The van der Waals surface area contributed by atoms with Gasteiger partial charge in [0.15, 0.2) is 0 Å². The van der Waals surface area contributed by atoms with Gasteiger partial charge in [-0.25, -0.2) is 4.98 Å². The van der Waals surface area contributed by atoms with Gasteiger partial charge in [0.25, 0.3) is 0 Å². The van der Waals surface area contributed by atoms with Gasteiger partial charge in [-0.05, 0) is 46.0 Å². The molecule has 5 nitrogen and oxygen atoms in total. The van der Waals surface area contributed by atoms with Crippen LogP contribution in [-0.2, 0) is 16.0 Å². The van der Waals surface area contributed by atoms with Crippen molar-refractivity contribution in [2.75, 3.05) is 24.6 Å². The smallest absolute Gasteiger partial charge is 0.389 e. The number of piperidine rings is 1. The number of anilines is 1. The molecule has 0 atom stereocenters. The van der Waals surface area contributed by atoms with Crippen LogP contribution in [0.1, 0.15) is 50.4 Å². The van der Waals surface area contributed by atoms with Crippen LogP contribution in [0.5, 0.6) is 0 Å². The fraction of sp³-hybridized carbons (Fsp3) is 0.722. The van der Waals surface area contributed by atoms with E-state index in [0.29, 0.717) is 45.4 Å². The Labute approximate surface area is 152 Å². The number of unbranched alkanes of at least 4 members (excludes halogenated alkanes) is 1. The molecule has 0 aliphatic carbocycles. The van der Waals surface area contributed by atoms with Crippen LogP contribution in [0.25, 0.3) is 0 Å².